The molecule has 26 heavy (non-hydrogen) atoms. The molecule has 1 aliphatic heterocycles. The zero-order chi connectivity index (χ0) is 18.5. The van der Waals surface area contributed by atoms with E-state index in [0.29, 0.717) is 18.8 Å². The number of nitrogens with zero attached hydrogens (tertiary/aromatic N) is 1. The first-order valence-electron chi connectivity index (χ1n) is 9.27. The van der Waals surface area contributed by atoms with Crippen molar-refractivity contribution in [1.29, 1.82) is 0 Å². The van der Waals surface area contributed by atoms with Crippen molar-refractivity contribution in [2.24, 2.45) is 11.8 Å². The maximum atomic E-state index is 13.4. The van der Waals surface area contributed by atoms with E-state index < -0.39 is 11.6 Å². The second-order valence-electron chi connectivity index (χ2n) is 7.20. The number of benzene rings is 1. The molecule has 1 aliphatic carbocycles. The van der Waals surface area contributed by atoms with Crippen LogP contribution in [0.4, 0.5) is 14.5 Å². The van der Waals surface area contributed by atoms with E-state index >= 15 is 0 Å². The van der Waals surface area contributed by atoms with Gasteiger partial charge in [-0.15, -0.1) is 0 Å². The number of halogens is 2. The summed E-state index contributed by atoms with van der Waals surface area (Å²) in [5.74, 6) is -1.61. The predicted octanol–water partition coefficient (Wildman–Crippen LogP) is 2.21. The zero-order valence-electron chi connectivity index (χ0n) is 14.8. The molecule has 1 atom stereocenters. The quantitative estimate of drug-likeness (QED) is 0.813. The largest absolute Gasteiger partial charge is 0.371 e. The summed E-state index contributed by atoms with van der Waals surface area (Å²) < 4.78 is 26.4. The molecule has 1 heterocycles. The topological polar surface area (TPSA) is 61.4 Å². The summed E-state index contributed by atoms with van der Waals surface area (Å²) in [5, 5.41) is 5.56. The lowest BCUT2D eigenvalue weighted by atomic mass is 10.1. The fraction of sp³-hybridized carbons (Fsp3) is 0.579. The molecule has 0 radical (unpaired) electrons. The third kappa shape index (κ3) is 4.71. The van der Waals surface area contributed by atoms with Crippen molar-refractivity contribution in [3.05, 3.63) is 29.8 Å². The maximum Gasteiger partial charge on any atom is 0.239 e. The number of amides is 2. The zero-order valence-corrected chi connectivity index (χ0v) is 14.8. The van der Waals surface area contributed by atoms with E-state index in [1.165, 1.54) is 6.07 Å². The van der Waals surface area contributed by atoms with Crippen molar-refractivity contribution in [3.63, 3.8) is 0 Å². The van der Waals surface area contributed by atoms with E-state index in [1.54, 1.807) is 6.07 Å². The second kappa shape index (κ2) is 8.47. The highest BCUT2D eigenvalue weighted by atomic mass is 19.2. The number of carbonyl (C=O) groups excluding carboxylic acids is 2. The summed E-state index contributed by atoms with van der Waals surface area (Å²) in [7, 11) is 0. The lowest BCUT2D eigenvalue weighted by Crippen LogP contribution is -2.40. The smallest absolute Gasteiger partial charge is 0.239 e. The van der Waals surface area contributed by atoms with Crippen LogP contribution >= 0.6 is 0 Å². The van der Waals surface area contributed by atoms with Crippen LogP contribution in [0.15, 0.2) is 18.2 Å². The van der Waals surface area contributed by atoms with E-state index in [0.717, 1.165) is 44.7 Å². The van der Waals surface area contributed by atoms with Crippen molar-refractivity contribution in [3.8, 4) is 0 Å². The molecule has 2 aliphatic rings. The average molecular weight is 365 g/mol. The molecule has 1 aromatic carbocycles. The maximum absolute atomic E-state index is 13.4. The third-order valence-electron chi connectivity index (χ3n) is 5.29. The predicted molar refractivity (Wildman–Crippen MR) is 94.7 cm³/mol. The van der Waals surface area contributed by atoms with Gasteiger partial charge < -0.3 is 15.5 Å². The van der Waals surface area contributed by atoms with E-state index in [4.69, 9.17) is 0 Å². The van der Waals surface area contributed by atoms with Gasteiger partial charge in [-0.05, 0) is 37.3 Å². The first-order chi connectivity index (χ1) is 12.5. The standard InChI is InChI=1S/C19H25F2N3O2/c20-16-6-5-15(9-17(16)21)24-8-7-13(12-24)10-22-18(25)11-23-19(26)14-3-1-2-4-14/h5-6,9,13-14H,1-4,7-8,10-12H2,(H,22,25)(H,23,26)/t13-/m0/s1. The van der Waals surface area contributed by atoms with Crippen LogP contribution < -0.4 is 15.5 Å². The molecule has 0 aromatic heterocycles. The van der Waals surface area contributed by atoms with Gasteiger partial charge in [-0.1, -0.05) is 12.8 Å². The molecule has 142 valence electrons. The van der Waals surface area contributed by atoms with Gasteiger partial charge in [0.2, 0.25) is 11.8 Å². The highest BCUT2D eigenvalue weighted by Crippen LogP contribution is 2.25. The Balaban J connectivity index is 1.37. The van der Waals surface area contributed by atoms with Gasteiger partial charge in [-0.25, -0.2) is 8.78 Å². The minimum atomic E-state index is -0.851. The molecule has 0 unspecified atom stereocenters. The molecule has 2 fully saturated rings. The summed E-state index contributed by atoms with van der Waals surface area (Å²) >= 11 is 0. The fourth-order valence-corrected chi connectivity index (χ4v) is 3.74. The summed E-state index contributed by atoms with van der Waals surface area (Å²) in [6, 6.07) is 3.90. The van der Waals surface area contributed by atoms with Gasteiger partial charge in [0.1, 0.15) is 0 Å². The Kier molecular flexibility index (Phi) is 6.06. The summed E-state index contributed by atoms with van der Waals surface area (Å²) in [6.07, 6.45) is 4.86. The van der Waals surface area contributed by atoms with E-state index in [9.17, 15) is 18.4 Å². The molecule has 1 aromatic rings. The van der Waals surface area contributed by atoms with Crippen molar-refractivity contribution < 1.29 is 18.4 Å². The fourth-order valence-electron chi connectivity index (χ4n) is 3.74. The van der Waals surface area contributed by atoms with Crippen LogP contribution in [0.1, 0.15) is 32.1 Å². The van der Waals surface area contributed by atoms with E-state index in [2.05, 4.69) is 10.6 Å². The Bertz CT molecular complexity index is 662. The Morgan fingerprint density at radius 3 is 2.58 bits per heavy atom. The molecular weight excluding hydrogens is 340 g/mol. The molecule has 1 saturated carbocycles. The summed E-state index contributed by atoms with van der Waals surface area (Å²) in [4.78, 5) is 25.8. The highest BCUT2D eigenvalue weighted by molar-refractivity contribution is 5.85. The van der Waals surface area contributed by atoms with E-state index in [1.807, 2.05) is 4.90 Å². The monoisotopic (exact) mass is 365 g/mol. The Hall–Kier alpha value is -2.18. The Morgan fingerprint density at radius 2 is 1.85 bits per heavy atom. The molecule has 3 rings (SSSR count). The highest BCUT2D eigenvalue weighted by Gasteiger charge is 2.25. The minimum absolute atomic E-state index is 0.00887. The van der Waals surface area contributed by atoms with Crippen molar-refractivity contribution >= 4 is 17.5 Å². The van der Waals surface area contributed by atoms with Gasteiger partial charge in [-0.3, -0.25) is 9.59 Å². The van der Waals surface area contributed by atoms with Crippen molar-refractivity contribution in [2.45, 2.75) is 32.1 Å². The van der Waals surface area contributed by atoms with Crippen LogP contribution in [0.3, 0.4) is 0 Å². The van der Waals surface area contributed by atoms with Gasteiger partial charge in [0, 0.05) is 37.3 Å². The third-order valence-corrected chi connectivity index (χ3v) is 5.29. The molecule has 0 bridgehead atoms. The number of hydrogen-bond acceptors (Lipinski definition) is 3. The number of nitrogens with one attached hydrogen (secondary N) is 2. The average Bonchev–Trinajstić information content (AvgIpc) is 3.32. The Morgan fingerprint density at radius 1 is 1.08 bits per heavy atom. The number of hydrogen-bond donors (Lipinski definition) is 2. The minimum Gasteiger partial charge on any atom is -0.371 e. The van der Waals surface area contributed by atoms with Crippen LogP contribution in [0, 0.1) is 23.5 Å². The molecule has 7 heteroatoms. The van der Waals surface area contributed by atoms with Crippen LogP contribution in [-0.4, -0.2) is 38.0 Å². The van der Waals surface area contributed by atoms with Crippen LogP contribution in [-0.2, 0) is 9.59 Å². The lowest BCUT2D eigenvalue weighted by Gasteiger charge is -2.19. The normalized spacial score (nSPS) is 20.4. The first kappa shape index (κ1) is 18.6. The molecule has 2 amide bonds. The number of carbonyl (C=O) groups is 2. The van der Waals surface area contributed by atoms with Crippen molar-refractivity contribution in [2.75, 3.05) is 31.1 Å². The SMILES string of the molecule is O=C(CNC(=O)C1CCCC1)NC[C@@H]1CCN(c2ccc(F)c(F)c2)C1. The number of rotatable bonds is 6. The second-order valence-corrected chi connectivity index (χ2v) is 7.20. The Labute approximate surface area is 152 Å². The van der Waals surface area contributed by atoms with Gasteiger partial charge in [0.25, 0.3) is 0 Å². The van der Waals surface area contributed by atoms with Gasteiger partial charge in [0.15, 0.2) is 11.6 Å². The lowest BCUT2D eigenvalue weighted by molar-refractivity contribution is -0.128. The van der Waals surface area contributed by atoms with Gasteiger partial charge in [0.05, 0.1) is 6.54 Å². The van der Waals surface area contributed by atoms with Crippen LogP contribution in [0.5, 0.6) is 0 Å². The molecule has 5 nitrogen and oxygen atoms in total. The summed E-state index contributed by atoms with van der Waals surface area (Å²) in [5.41, 5.74) is 0.654. The van der Waals surface area contributed by atoms with Crippen molar-refractivity contribution in [1.82, 2.24) is 10.6 Å². The molecule has 2 N–H and O–H groups in total. The van der Waals surface area contributed by atoms with Crippen LogP contribution in [0.2, 0.25) is 0 Å². The van der Waals surface area contributed by atoms with E-state index in [-0.39, 0.29) is 30.2 Å². The molecule has 0 spiro atoms. The molecular formula is C19H25F2N3O2. The number of anilines is 1. The van der Waals surface area contributed by atoms with Gasteiger partial charge in [-0.2, -0.15) is 0 Å². The first-order valence-corrected chi connectivity index (χ1v) is 9.27. The van der Waals surface area contributed by atoms with Gasteiger partial charge >= 0.3 is 0 Å². The van der Waals surface area contributed by atoms with Crippen LogP contribution in [0.25, 0.3) is 0 Å². The summed E-state index contributed by atoms with van der Waals surface area (Å²) in [6.45, 7) is 1.94. The molecule has 1 saturated heterocycles.